The van der Waals surface area contributed by atoms with E-state index >= 15 is 0 Å². The maximum atomic E-state index is 12.3. The van der Waals surface area contributed by atoms with Crippen molar-refractivity contribution in [2.45, 2.75) is 11.3 Å². The molecule has 3 rings (SSSR count). The second-order valence-corrected chi connectivity index (χ2v) is 7.66. The Bertz CT molecular complexity index is 952. The quantitative estimate of drug-likeness (QED) is 0.714. The van der Waals surface area contributed by atoms with Gasteiger partial charge in [0.25, 0.3) is 0 Å². The van der Waals surface area contributed by atoms with Crippen LogP contribution in [0.3, 0.4) is 0 Å². The summed E-state index contributed by atoms with van der Waals surface area (Å²) in [5.41, 5.74) is 2.10. The van der Waals surface area contributed by atoms with E-state index in [9.17, 15) is 8.42 Å². The molecule has 4 nitrogen and oxygen atoms in total. The molecule has 0 aliphatic rings. The van der Waals surface area contributed by atoms with Crippen LogP contribution in [0.1, 0.15) is 5.56 Å². The van der Waals surface area contributed by atoms with Crippen molar-refractivity contribution in [3.8, 4) is 0 Å². The molecule has 0 amide bonds. The van der Waals surface area contributed by atoms with E-state index in [0.29, 0.717) is 18.0 Å². The number of para-hydroxylation sites is 1. The summed E-state index contributed by atoms with van der Waals surface area (Å²) in [4.78, 5) is 3.27. The third-order valence-corrected chi connectivity index (χ3v) is 5.76. The number of rotatable bonds is 5. The zero-order valence-corrected chi connectivity index (χ0v) is 14.3. The number of halogens is 2. The van der Waals surface area contributed by atoms with Gasteiger partial charge in [-0.15, -0.1) is 0 Å². The molecule has 0 unspecified atom stereocenters. The Kier molecular flexibility index (Phi) is 4.64. The minimum atomic E-state index is -3.61. The molecular formula is C16H14Cl2N2O2S. The number of fused-ring (bicyclic) bond motifs is 1. The maximum absolute atomic E-state index is 12.3. The van der Waals surface area contributed by atoms with Gasteiger partial charge in [0.2, 0.25) is 10.0 Å². The van der Waals surface area contributed by atoms with Gasteiger partial charge >= 0.3 is 0 Å². The highest BCUT2D eigenvalue weighted by Crippen LogP contribution is 2.24. The van der Waals surface area contributed by atoms with Gasteiger partial charge in [-0.25, -0.2) is 13.1 Å². The van der Waals surface area contributed by atoms with Gasteiger partial charge in [-0.05, 0) is 36.2 Å². The minimum absolute atomic E-state index is 0.103. The van der Waals surface area contributed by atoms with E-state index in [1.165, 1.54) is 18.2 Å². The summed E-state index contributed by atoms with van der Waals surface area (Å²) in [5.74, 6) is 0. The van der Waals surface area contributed by atoms with E-state index in [1.54, 1.807) is 0 Å². The smallest absolute Gasteiger partial charge is 0.240 e. The van der Waals surface area contributed by atoms with Crippen molar-refractivity contribution in [1.29, 1.82) is 0 Å². The predicted molar refractivity (Wildman–Crippen MR) is 93.7 cm³/mol. The zero-order chi connectivity index (χ0) is 16.4. The summed E-state index contributed by atoms with van der Waals surface area (Å²) in [6, 6.07) is 12.2. The van der Waals surface area contributed by atoms with E-state index in [1.807, 2.05) is 30.5 Å². The number of aromatic nitrogens is 1. The normalized spacial score (nSPS) is 11.9. The van der Waals surface area contributed by atoms with Crippen LogP contribution in [0.25, 0.3) is 10.9 Å². The molecule has 3 aromatic rings. The van der Waals surface area contributed by atoms with Crippen LogP contribution < -0.4 is 4.72 Å². The molecule has 0 bridgehead atoms. The average molecular weight is 369 g/mol. The van der Waals surface area contributed by atoms with Gasteiger partial charge < -0.3 is 4.98 Å². The number of aromatic amines is 1. The minimum Gasteiger partial charge on any atom is -0.361 e. The molecule has 120 valence electrons. The number of hydrogen-bond donors (Lipinski definition) is 2. The monoisotopic (exact) mass is 368 g/mol. The topological polar surface area (TPSA) is 62.0 Å². The van der Waals surface area contributed by atoms with Gasteiger partial charge in [-0.1, -0.05) is 41.4 Å². The molecule has 0 radical (unpaired) electrons. The highest BCUT2D eigenvalue weighted by Gasteiger charge is 2.15. The standard InChI is InChI=1S/C16H14Cl2N2O2S/c17-14-6-5-12(9-15(14)18)23(21,22)20-8-7-11-10-19-16-4-2-1-3-13(11)16/h1-6,9-10,19-20H,7-8H2. The van der Waals surface area contributed by atoms with Crippen molar-refractivity contribution in [3.63, 3.8) is 0 Å². The van der Waals surface area contributed by atoms with Crippen LogP contribution >= 0.6 is 23.2 Å². The average Bonchev–Trinajstić information content (AvgIpc) is 2.93. The van der Waals surface area contributed by atoms with E-state index in [-0.39, 0.29) is 9.92 Å². The largest absolute Gasteiger partial charge is 0.361 e. The molecule has 7 heteroatoms. The zero-order valence-electron chi connectivity index (χ0n) is 12.0. The van der Waals surface area contributed by atoms with E-state index in [0.717, 1.165) is 16.5 Å². The first kappa shape index (κ1) is 16.3. The number of nitrogens with one attached hydrogen (secondary N) is 2. The SMILES string of the molecule is O=S(=O)(NCCc1c[nH]c2ccccc12)c1ccc(Cl)c(Cl)c1. The first-order valence-corrected chi connectivity index (χ1v) is 9.21. The van der Waals surface area contributed by atoms with Crippen molar-refractivity contribution in [2.75, 3.05) is 6.54 Å². The van der Waals surface area contributed by atoms with Crippen molar-refractivity contribution in [2.24, 2.45) is 0 Å². The Hall–Kier alpha value is -1.53. The third kappa shape index (κ3) is 3.53. The second kappa shape index (κ2) is 6.53. The predicted octanol–water partition coefficient (Wildman–Crippen LogP) is 4.00. The van der Waals surface area contributed by atoms with Gasteiger partial charge in [-0.2, -0.15) is 0 Å². The Morgan fingerprint density at radius 1 is 1.04 bits per heavy atom. The highest BCUT2D eigenvalue weighted by molar-refractivity contribution is 7.89. The van der Waals surface area contributed by atoms with Crippen LogP contribution in [-0.2, 0) is 16.4 Å². The lowest BCUT2D eigenvalue weighted by molar-refractivity contribution is 0.581. The Morgan fingerprint density at radius 3 is 2.61 bits per heavy atom. The van der Waals surface area contributed by atoms with Gasteiger partial charge in [0.1, 0.15) is 0 Å². The molecule has 0 aliphatic carbocycles. The Morgan fingerprint density at radius 2 is 1.83 bits per heavy atom. The number of benzene rings is 2. The molecule has 0 fully saturated rings. The summed E-state index contributed by atoms with van der Waals surface area (Å²) in [5, 5.41) is 1.64. The molecule has 2 aromatic carbocycles. The van der Waals surface area contributed by atoms with Crippen LogP contribution in [0.2, 0.25) is 10.0 Å². The third-order valence-electron chi connectivity index (χ3n) is 3.56. The molecule has 1 heterocycles. The first-order chi connectivity index (χ1) is 11.0. The highest BCUT2D eigenvalue weighted by atomic mass is 35.5. The number of sulfonamides is 1. The van der Waals surface area contributed by atoms with Crippen molar-refractivity contribution >= 4 is 44.1 Å². The van der Waals surface area contributed by atoms with Gasteiger partial charge in [0.15, 0.2) is 0 Å². The summed E-state index contributed by atoms with van der Waals surface area (Å²) >= 11 is 11.7. The molecule has 0 aliphatic heterocycles. The van der Waals surface area contributed by atoms with Crippen LogP contribution in [0.5, 0.6) is 0 Å². The van der Waals surface area contributed by atoms with E-state index in [2.05, 4.69) is 9.71 Å². The first-order valence-electron chi connectivity index (χ1n) is 6.97. The Balaban J connectivity index is 1.71. The van der Waals surface area contributed by atoms with Gasteiger partial charge in [0.05, 0.1) is 14.9 Å². The van der Waals surface area contributed by atoms with Crippen LogP contribution in [0.15, 0.2) is 53.6 Å². The fourth-order valence-electron chi connectivity index (χ4n) is 2.39. The molecule has 0 saturated carbocycles. The lowest BCUT2D eigenvalue weighted by atomic mass is 10.1. The Labute approximate surface area is 144 Å². The fraction of sp³-hybridized carbons (Fsp3) is 0.125. The van der Waals surface area contributed by atoms with Gasteiger partial charge in [0, 0.05) is 23.6 Å². The van der Waals surface area contributed by atoms with Crippen LogP contribution in [0, 0.1) is 0 Å². The van der Waals surface area contributed by atoms with E-state index in [4.69, 9.17) is 23.2 Å². The van der Waals surface area contributed by atoms with Crippen molar-refractivity contribution < 1.29 is 8.42 Å². The summed E-state index contributed by atoms with van der Waals surface area (Å²) in [6.45, 7) is 0.296. The van der Waals surface area contributed by atoms with Crippen molar-refractivity contribution in [1.82, 2.24) is 9.71 Å². The molecule has 0 atom stereocenters. The molecule has 2 N–H and O–H groups in total. The van der Waals surface area contributed by atoms with E-state index < -0.39 is 10.0 Å². The lowest BCUT2D eigenvalue weighted by Crippen LogP contribution is -2.26. The molecule has 1 aromatic heterocycles. The maximum Gasteiger partial charge on any atom is 0.240 e. The van der Waals surface area contributed by atoms with Gasteiger partial charge in [-0.3, -0.25) is 0 Å². The summed E-state index contributed by atoms with van der Waals surface area (Å²) in [7, 11) is -3.61. The molecular weight excluding hydrogens is 355 g/mol. The number of H-pyrrole nitrogens is 1. The fourth-order valence-corrected chi connectivity index (χ4v) is 3.81. The second-order valence-electron chi connectivity index (χ2n) is 5.08. The number of hydrogen-bond acceptors (Lipinski definition) is 2. The molecule has 0 saturated heterocycles. The molecule has 23 heavy (non-hydrogen) atoms. The van der Waals surface area contributed by atoms with Crippen LogP contribution in [0.4, 0.5) is 0 Å². The summed E-state index contributed by atoms with van der Waals surface area (Å²) in [6.07, 6.45) is 2.49. The lowest BCUT2D eigenvalue weighted by Gasteiger charge is -2.07. The van der Waals surface area contributed by atoms with Crippen molar-refractivity contribution in [3.05, 3.63) is 64.3 Å². The molecule has 0 spiro atoms. The summed E-state index contributed by atoms with van der Waals surface area (Å²) < 4.78 is 27.1. The van der Waals surface area contributed by atoms with Crippen LogP contribution in [-0.4, -0.2) is 19.9 Å².